The number of rotatable bonds is 2. The van der Waals surface area contributed by atoms with E-state index in [-0.39, 0.29) is 0 Å². The molecule has 0 fully saturated rings. The van der Waals surface area contributed by atoms with E-state index < -0.39 is 0 Å². The summed E-state index contributed by atoms with van der Waals surface area (Å²) in [6, 6.07) is 10.9. The first kappa shape index (κ1) is 11.0. The summed E-state index contributed by atoms with van der Waals surface area (Å²) in [5.74, 6) is 0. The lowest BCUT2D eigenvalue weighted by Crippen LogP contribution is -1.89. The summed E-state index contributed by atoms with van der Waals surface area (Å²) in [5.41, 5.74) is 4.43. The minimum atomic E-state index is 1.09. The molecule has 2 aromatic rings. The Labute approximate surface area is 110 Å². The van der Waals surface area contributed by atoms with Crippen LogP contribution >= 0.6 is 15.9 Å². The zero-order valence-corrected chi connectivity index (χ0v) is 11.5. The van der Waals surface area contributed by atoms with Crippen molar-refractivity contribution >= 4 is 32.3 Å². The van der Waals surface area contributed by atoms with Gasteiger partial charge in [0.2, 0.25) is 0 Å². The van der Waals surface area contributed by atoms with Crippen molar-refractivity contribution in [3.63, 3.8) is 0 Å². The fourth-order valence-electron chi connectivity index (χ4n) is 2.70. The molecule has 0 N–H and O–H groups in total. The molecule has 1 heteroatoms. The van der Waals surface area contributed by atoms with Crippen LogP contribution in [-0.2, 0) is 6.42 Å². The van der Waals surface area contributed by atoms with Crippen LogP contribution in [0.3, 0.4) is 0 Å². The zero-order chi connectivity index (χ0) is 11.8. The predicted molar refractivity (Wildman–Crippen MR) is 78.2 cm³/mol. The number of fused-ring (bicyclic) bond motifs is 2. The standard InChI is InChI=1S/C16H15Br/c1-2-5-11-8-9-13-10-12-6-3-4-7-14(12)16(17)15(11)13/h3-4,6-8,10H,2,5,9H2,1H3. The second kappa shape index (κ2) is 4.30. The quantitative estimate of drug-likeness (QED) is 0.699. The van der Waals surface area contributed by atoms with Crippen LogP contribution in [0.5, 0.6) is 0 Å². The Bertz CT molecular complexity index is 608. The van der Waals surface area contributed by atoms with Crippen molar-refractivity contribution in [2.45, 2.75) is 26.2 Å². The molecule has 0 spiro atoms. The summed E-state index contributed by atoms with van der Waals surface area (Å²) < 4.78 is 1.28. The lowest BCUT2D eigenvalue weighted by Gasteiger charge is -2.11. The molecule has 0 bridgehead atoms. The number of hydrogen-bond acceptors (Lipinski definition) is 0. The second-order valence-corrected chi connectivity index (χ2v) is 5.42. The first-order valence-electron chi connectivity index (χ1n) is 6.20. The molecule has 1 aliphatic carbocycles. The van der Waals surface area contributed by atoms with Gasteiger partial charge in [0.1, 0.15) is 0 Å². The van der Waals surface area contributed by atoms with Crippen LogP contribution in [-0.4, -0.2) is 0 Å². The Balaban J connectivity index is 2.25. The molecule has 86 valence electrons. The highest BCUT2D eigenvalue weighted by Gasteiger charge is 2.18. The lowest BCUT2D eigenvalue weighted by molar-refractivity contribution is 0.975. The number of allylic oxidation sites excluding steroid dienone is 2. The number of halogens is 1. The Morgan fingerprint density at radius 3 is 2.88 bits per heavy atom. The summed E-state index contributed by atoms with van der Waals surface area (Å²) >= 11 is 3.80. The average Bonchev–Trinajstić information content (AvgIpc) is 2.74. The van der Waals surface area contributed by atoms with E-state index in [1.54, 1.807) is 0 Å². The molecule has 0 unspecified atom stereocenters. The molecule has 1 aliphatic rings. The summed E-state index contributed by atoms with van der Waals surface area (Å²) in [7, 11) is 0. The highest BCUT2D eigenvalue weighted by molar-refractivity contribution is 9.10. The van der Waals surface area contributed by atoms with Crippen molar-refractivity contribution < 1.29 is 0 Å². The highest BCUT2D eigenvalue weighted by atomic mass is 79.9. The van der Waals surface area contributed by atoms with E-state index in [9.17, 15) is 0 Å². The van der Waals surface area contributed by atoms with Crippen LogP contribution in [0, 0.1) is 0 Å². The monoisotopic (exact) mass is 286 g/mol. The molecule has 17 heavy (non-hydrogen) atoms. The third-order valence-corrected chi connectivity index (χ3v) is 4.30. The van der Waals surface area contributed by atoms with Crippen LogP contribution in [0.1, 0.15) is 30.9 Å². The maximum Gasteiger partial charge on any atom is 0.0331 e. The number of hydrogen-bond donors (Lipinski definition) is 0. The van der Waals surface area contributed by atoms with E-state index in [1.165, 1.54) is 44.8 Å². The smallest absolute Gasteiger partial charge is 0.0331 e. The SMILES string of the molecule is CCCC1=CCc2cc3ccccc3c(Br)c21. The minimum absolute atomic E-state index is 1.09. The van der Waals surface area contributed by atoms with Gasteiger partial charge in [0, 0.05) is 4.47 Å². The fourth-order valence-corrected chi connectivity index (χ4v) is 3.57. The third kappa shape index (κ3) is 1.73. The van der Waals surface area contributed by atoms with E-state index in [4.69, 9.17) is 0 Å². The molecule has 0 radical (unpaired) electrons. The van der Waals surface area contributed by atoms with E-state index in [2.05, 4.69) is 59.3 Å². The lowest BCUT2D eigenvalue weighted by atomic mass is 9.98. The molecule has 0 saturated carbocycles. The summed E-state index contributed by atoms with van der Waals surface area (Å²) in [4.78, 5) is 0. The van der Waals surface area contributed by atoms with Gasteiger partial charge in [0.25, 0.3) is 0 Å². The van der Waals surface area contributed by atoms with Gasteiger partial charge in [-0.05, 0) is 56.2 Å². The predicted octanol–water partition coefficient (Wildman–Crippen LogP) is 5.34. The minimum Gasteiger partial charge on any atom is -0.0762 e. The molecule has 0 atom stereocenters. The summed E-state index contributed by atoms with van der Waals surface area (Å²) in [6.45, 7) is 2.24. The summed E-state index contributed by atoms with van der Waals surface area (Å²) in [5, 5.41) is 2.67. The van der Waals surface area contributed by atoms with Crippen molar-refractivity contribution in [3.8, 4) is 0 Å². The number of benzene rings is 2. The topological polar surface area (TPSA) is 0 Å². The molecule has 0 saturated heterocycles. The van der Waals surface area contributed by atoms with E-state index in [0.29, 0.717) is 0 Å². The van der Waals surface area contributed by atoms with Gasteiger partial charge in [0.15, 0.2) is 0 Å². The first-order valence-corrected chi connectivity index (χ1v) is 7.00. The normalized spacial score (nSPS) is 13.9. The van der Waals surface area contributed by atoms with E-state index in [1.807, 2.05) is 0 Å². The van der Waals surface area contributed by atoms with Crippen molar-refractivity contribution in [1.82, 2.24) is 0 Å². The van der Waals surface area contributed by atoms with Crippen LogP contribution in [0.4, 0.5) is 0 Å². The molecule has 0 aliphatic heterocycles. The van der Waals surface area contributed by atoms with Gasteiger partial charge >= 0.3 is 0 Å². The molecular weight excluding hydrogens is 272 g/mol. The molecule has 0 amide bonds. The van der Waals surface area contributed by atoms with Gasteiger partial charge in [-0.2, -0.15) is 0 Å². The van der Waals surface area contributed by atoms with Crippen molar-refractivity contribution in [1.29, 1.82) is 0 Å². The van der Waals surface area contributed by atoms with Gasteiger partial charge in [-0.25, -0.2) is 0 Å². The van der Waals surface area contributed by atoms with Gasteiger partial charge in [-0.1, -0.05) is 49.8 Å². The van der Waals surface area contributed by atoms with E-state index >= 15 is 0 Å². The fraction of sp³-hybridized carbons (Fsp3) is 0.250. The molecule has 0 heterocycles. The average molecular weight is 287 g/mol. The van der Waals surface area contributed by atoms with Gasteiger partial charge < -0.3 is 0 Å². The first-order chi connectivity index (χ1) is 8.31. The van der Waals surface area contributed by atoms with Crippen molar-refractivity contribution in [2.24, 2.45) is 0 Å². The largest absolute Gasteiger partial charge is 0.0762 e. The maximum atomic E-state index is 3.80. The zero-order valence-electron chi connectivity index (χ0n) is 9.96. The van der Waals surface area contributed by atoms with Gasteiger partial charge in [0.05, 0.1) is 0 Å². The molecule has 0 aromatic heterocycles. The van der Waals surface area contributed by atoms with Crippen molar-refractivity contribution in [2.75, 3.05) is 0 Å². The third-order valence-electron chi connectivity index (χ3n) is 3.48. The molecule has 0 nitrogen and oxygen atoms in total. The Hall–Kier alpha value is -1.08. The highest BCUT2D eigenvalue weighted by Crippen LogP contribution is 2.40. The molecule has 2 aromatic carbocycles. The van der Waals surface area contributed by atoms with Gasteiger partial charge in [-0.15, -0.1) is 0 Å². The maximum absolute atomic E-state index is 3.80. The molecule has 3 rings (SSSR count). The van der Waals surface area contributed by atoms with Crippen LogP contribution in [0.25, 0.3) is 16.3 Å². The van der Waals surface area contributed by atoms with Crippen LogP contribution in [0.15, 0.2) is 40.9 Å². The van der Waals surface area contributed by atoms with Crippen molar-refractivity contribution in [3.05, 3.63) is 52.0 Å². The Morgan fingerprint density at radius 2 is 2.06 bits per heavy atom. The van der Waals surface area contributed by atoms with Gasteiger partial charge in [-0.3, -0.25) is 0 Å². The summed E-state index contributed by atoms with van der Waals surface area (Å²) in [6.07, 6.45) is 5.88. The Morgan fingerprint density at radius 1 is 1.24 bits per heavy atom. The van der Waals surface area contributed by atoms with Crippen LogP contribution in [0.2, 0.25) is 0 Å². The van der Waals surface area contributed by atoms with Crippen LogP contribution < -0.4 is 0 Å². The Kier molecular flexibility index (Phi) is 2.79. The molecular formula is C16H15Br. The second-order valence-electron chi connectivity index (χ2n) is 4.63. The van der Waals surface area contributed by atoms with E-state index in [0.717, 1.165) is 6.42 Å².